The van der Waals surface area contributed by atoms with E-state index in [0.29, 0.717) is 0 Å². The molecule has 0 aliphatic rings. The summed E-state index contributed by atoms with van der Waals surface area (Å²) in [5.74, 6) is -0.0447. The molecule has 0 amide bonds. The first-order chi connectivity index (χ1) is 9.24. The number of aromatic carboxylic acids is 1. The molecule has 0 aliphatic heterocycles. The fourth-order valence-electron chi connectivity index (χ4n) is 1.82. The third kappa shape index (κ3) is 3.24. The van der Waals surface area contributed by atoms with Crippen molar-refractivity contribution < 1.29 is 14.6 Å². The Bertz CT molecular complexity index is 586. The summed E-state index contributed by atoms with van der Waals surface area (Å²) in [5.41, 5.74) is 0.247. The van der Waals surface area contributed by atoms with Crippen LogP contribution in [0.3, 0.4) is 0 Å². The fourth-order valence-corrected chi connectivity index (χ4v) is 2.74. The van der Waals surface area contributed by atoms with Gasteiger partial charge < -0.3 is 9.84 Å². The quantitative estimate of drug-likeness (QED) is 0.649. The predicted octanol–water partition coefficient (Wildman–Crippen LogP) is 3.06. The number of thioether (sulfide) groups is 1. The molecule has 0 spiro atoms. The van der Waals surface area contributed by atoms with Crippen molar-refractivity contribution in [3.05, 3.63) is 36.0 Å². The molecule has 0 radical (unpaired) electrons. The molecule has 1 N–H and O–H groups in total. The molecule has 0 bridgehead atoms. The average molecular weight is 277 g/mol. The van der Waals surface area contributed by atoms with Gasteiger partial charge in [0.05, 0.1) is 5.56 Å². The van der Waals surface area contributed by atoms with E-state index in [0.717, 1.165) is 34.6 Å². The molecule has 4 nitrogen and oxygen atoms in total. The number of pyridine rings is 1. The lowest BCUT2D eigenvalue weighted by Crippen LogP contribution is -2.00. The van der Waals surface area contributed by atoms with Gasteiger partial charge in [-0.05, 0) is 6.42 Å². The van der Waals surface area contributed by atoms with Gasteiger partial charge in [0.1, 0.15) is 5.03 Å². The maximum Gasteiger partial charge on any atom is 0.337 e. The van der Waals surface area contributed by atoms with Crippen LogP contribution in [0.25, 0.3) is 10.8 Å². The normalized spacial score (nSPS) is 10.8. The summed E-state index contributed by atoms with van der Waals surface area (Å²) in [5, 5.41) is 11.7. The zero-order chi connectivity index (χ0) is 13.7. The van der Waals surface area contributed by atoms with Gasteiger partial charge in [0, 0.05) is 36.4 Å². The van der Waals surface area contributed by atoms with Gasteiger partial charge in [-0.2, -0.15) is 0 Å². The summed E-state index contributed by atoms with van der Waals surface area (Å²) in [4.78, 5) is 15.4. The first kappa shape index (κ1) is 13.8. The van der Waals surface area contributed by atoms with E-state index in [1.54, 1.807) is 18.9 Å². The number of benzene rings is 1. The number of hydrogen-bond donors (Lipinski definition) is 1. The summed E-state index contributed by atoms with van der Waals surface area (Å²) in [7, 11) is 1.68. The van der Waals surface area contributed by atoms with Crippen molar-refractivity contribution in [3.8, 4) is 0 Å². The molecule has 100 valence electrons. The second-order valence-corrected chi connectivity index (χ2v) is 5.11. The van der Waals surface area contributed by atoms with E-state index >= 15 is 0 Å². The summed E-state index contributed by atoms with van der Waals surface area (Å²) in [6.07, 6.45) is 2.38. The summed E-state index contributed by atoms with van der Waals surface area (Å²) < 4.78 is 5.01. The smallest absolute Gasteiger partial charge is 0.337 e. The van der Waals surface area contributed by atoms with Crippen molar-refractivity contribution in [1.82, 2.24) is 4.98 Å². The Morgan fingerprint density at radius 3 is 2.79 bits per heavy atom. The molecule has 2 aromatic rings. The number of fused-ring (bicyclic) bond motifs is 1. The second-order valence-electron chi connectivity index (χ2n) is 4.02. The third-order valence-corrected chi connectivity index (χ3v) is 3.81. The Labute approximate surface area is 115 Å². The Balaban J connectivity index is 2.30. The Kier molecular flexibility index (Phi) is 4.76. The van der Waals surface area contributed by atoms with Crippen LogP contribution in [0.5, 0.6) is 0 Å². The molecule has 1 aromatic carbocycles. The molecule has 0 unspecified atom stereocenters. The van der Waals surface area contributed by atoms with Crippen molar-refractivity contribution >= 4 is 28.5 Å². The summed E-state index contributed by atoms with van der Waals surface area (Å²) >= 11 is 1.63. The minimum absolute atomic E-state index is 0.247. The molecule has 1 aromatic heterocycles. The molecule has 0 saturated carbocycles. The number of aromatic nitrogens is 1. The largest absolute Gasteiger partial charge is 0.478 e. The van der Waals surface area contributed by atoms with Gasteiger partial charge >= 0.3 is 5.97 Å². The molecule has 0 fully saturated rings. The van der Waals surface area contributed by atoms with Crippen LogP contribution >= 0.6 is 11.8 Å². The molecule has 0 saturated heterocycles. The number of carboxylic acid groups (broad SMARTS) is 1. The molecule has 1 heterocycles. The SMILES string of the molecule is COCCCSc1ncc(C(=O)O)c2ccccc12. The van der Waals surface area contributed by atoms with E-state index in [4.69, 9.17) is 9.84 Å². The minimum Gasteiger partial charge on any atom is -0.478 e. The summed E-state index contributed by atoms with van der Waals surface area (Å²) in [6.45, 7) is 0.720. The van der Waals surface area contributed by atoms with Crippen LogP contribution in [-0.4, -0.2) is 35.5 Å². The molecule has 5 heteroatoms. The minimum atomic E-state index is -0.945. The van der Waals surface area contributed by atoms with Crippen LogP contribution in [0.15, 0.2) is 35.5 Å². The highest BCUT2D eigenvalue weighted by molar-refractivity contribution is 7.99. The topological polar surface area (TPSA) is 59.4 Å². The van der Waals surface area contributed by atoms with E-state index in [-0.39, 0.29) is 5.56 Å². The van der Waals surface area contributed by atoms with Gasteiger partial charge in [-0.1, -0.05) is 24.3 Å². The maximum absolute atomic E-state index is 11.2. The van der Waals surface area contributed by atoms with Crippen molar-refractivity contribution in [2.24, 2.45) is 0 Å². The highest BCUT2D eigenvalue weighted by Crippen LogP contribution is 2.28. The van der Waals surface area contributed by atoms with Crippen molar-refractivity contribution in [2.45, 2.75) is 11.4 Å². The molecule has 0 aliphatic carbocycles. The second kappa shape index (κ2) is 6.54. The van der Waals surface area contributed by atoms with Gasteiger partial charge in [0.15, 0.2) is 0 Å². The van der Waals surface area contributed by atoms with Crippen LogP contribution in [-0.2, 0) is 4.74 Å². The first-order valence-electron chi connectivity index (χ1n) is 5.97. The molecular formula is C14H15NO3S. The van der Waals surface area contributed by atoms with Gasteiger partial charge in [-0.25, -0.2) is 9.78 Å². The lowest BCUT2D eigenvalue weighted by Gasteiger charge is -2.07. The van der Waals surface area contributed by atoms with E-state index in [9.17, 15) is 4.79 Å². The van der Waals surface area contributed by atoms with Gasteiger partial charge in [0.2, 0.25) is 0 Å². The van der Waals surface area contributed by atoms with E-state index < -0.39 is 5.97 Å². The molecule has 2 rings (SSSR count). The first-order valence-corrected chi connectivity index (χ1v) is 6.95. The van der Waals surface area contributed by atoms with E-state index in [2.05, 4.69) is 4.98 Å². The molecule has 19 heavy (non-hydrogen) atoms. The highest BCUT2D eigenvalue weighted by atomic mass is 32.2. The number of hydrogen-bond acceptors (Lipinski definition) is 4. The Hall–Kier alpha value is -1.59. The van der Waals surface area contributed by atoms with Crippen LogP contribution < -0.4 is 0 Å². The van der Waals surface area contributed by atoms with Gasteiger partial charge in [-0.15, -0.1) is 11.8 Å². The average Bonchev–Trinajstić information content (AvgIpc) is 2.43. The van der Waals surface area contributed by atoms with Crippen molar-refractivity contribution in [2.75, 3.05) is 19.5 Å². The number of ether oxygens (including phenoxy) is 1. The monoisotopic (exact) mass is 277 g/mol. The fraction of sp³-hybridized carbons (Fsp3) is 0.286. The van der Waals surface area contributed by atoms with Crippen LogP contribution in [0, 0.1) is 0 Å². The number of carbonyl (C=O) groups is 1. The summed E-state index contributed by atoms with van der Waals surface area (Å²) in [6, 6.07) is 7.47. The van der Waals surface area contributed by atoms with Gasteiger partial charge in [0.25, 0.3) is 0 Å². The van der Waals surface area contributed by atoms with E-state index in [1.165, 1.54) is 6.20 Å². The Morgan fingerprint density at radius 1 is 1.37 bits per heavy atom. The zero-order valence-electron chi connectivity index (χ0n) is 10.6. The highest BCUT2D eigenvalue weighted by Gasteiger charge is 2.12. The Morgan fingerprint density at radius 2 is 2.11 bits per heavy atom. The van der Waals surface area contributed by atoms with Crippen molar-refractivity contribution in [3.63, 3.8) is 0 Å². The van der Waals surface area contributed by atoms with Crippen LogP contribution in [0.4, 0.5) is 0 Å². The van der Waals surface area contributed by atoms with E-state index in [1.807, 2.05) is 24.3 Å². The molecule has 0 atom stereocenters. The maximum atomic E-state index is 11.2. The van der Waals surface area contributed by atoms with Crippen molar-refractivity contribution in [1.29, 1.82) is 0 Å². The number of rotatable bonds is 6. The number of carboxylic acids is 1. The predicted molar refractivity (Wildman–Crippen MR) is 75.9 cm³/mol. The number of methoxy groups -OCH3 is 1. The standard InChI is InChI=1S/C14H15NO3S/c1-18-7-4-8-19-13-11-6-3-2-5-10(11)12(9-15-13)14(16)17/h2-3,5-6,9H,4,7-8H2,1H3,(H,16,17). The van der Waals surface area contributed by atoms with Gasteiger partial charge in [-0.3, -0.25) is 0 Å². The zero-order valence-corrected chi connectivity index (χ0v) is 11.4. The van der Waals surface area contributed by atoms with Crippen LogP contribution in [0.2, 0.25) is 0 Å². The lowest BCUT2D eigenvalue weighted by molar-refractivity contribution is 0.0698. The molecular weight excluding hydrogens is 262 g/mol. The lowest BCUT2D eigenvalue weighted by atomic mass is 10.1. The van der Waals surface area contributed by atoms with Crippen LogP contribution in [0.1, 0.15) is 16.8 Å². The third-order valence-electron chi connectivity index (χ3n) is 2.72. The number of nitrogens with zero attached hydrogens (tertiary/aromatic N) is 1.